The number of fused-ring (bicyclic) bond motifs is 1. The normalized spacial score (nSPS) is 11.0. The number of nitrogens with one attached hydrogen (secondary N) is 1. The van der Waals surface area contributed by atoms with Gasteiger partial charge in [-0.1, -0.05) is 12.2 Å². The second kappa shape index (κ2) is 6.47. The van der Waals surface area contributed by atoms with Crippen LogP contribution in [0.3, 0.4) is 0 Å². The fourth-order valence-electron chi connectivity index (χ4n) is 2.76. The van der Waals surface area contributed by atoms with Gasteiger partial charge in [-0.3, -0.25) is 4.79 Å². The minimum atomic E-state index is -0.0766. The third-order valence-corrected chi connectivity index (χ3v) is 3.95. The van der Waals surface area contributed by atoms with Gasteiger partial charge in [-0.15, -0.1) is 0 Å². The van der Waals surface area contributed by atoms with Crippen molar-refractivity contribution in [2.24, 2.45) is 0 Å². The molecule has 24 heavy (non-hydrogen) atoms. The average molecular weight is 319 g/mol. The number of aromatic nitrogens is 2. The zero-order valence-corrected chi connectivity index (χ0v) is 13.5. The number of nitrogens with zero attached hydrogens (tertiary/aromatic N) is 2. The molecule has 0 radical (unpaired) electrons. The summed E-state index contributed by atoms with van der Waals surface area (Å²) in [5, 5.41) is 10.0. The minimum Gasteiger partial charge on any atom is -0.496 e. The maximum Gasteiger partial charge on any atom is 0.275 e. The van der Waals surface area contributed by atoms with E-state index >= 15 is 0 Å². The van der Waals surface area contributed by atoms with E-state index in [0.717, 1.165) is 16.5 Å². The highest BCUT2D eigenvalue weighted by atomic mass is 16.5. The van der Waals surface area contributed by atoms with Gasteiger partial charge in [0, 0.05) is 35.5 Å². The zero-order chi connectivity index (χ0) is 17.1. The number of ether oxygens (including phenoxy) is 1. The maximum atomic E-state index is 12.6. The summed E-state index contributed by atoms with van der Waals surface area (Å²) in [6.07, 6.45) is 7.39. The van der Waals surface area contributed by atoms with Gasteiger partial charge in [-0.2, -0.15) is 5.26 Å². The first kappa shape index (κ1) is 15.6. The number of pyridine rings is 1. The van der Waals surface area contributed by atoms with Gasteiger partial charge in [0.05, 0.1) is 18.7 Å². The van der Waals surface area contributed by atoms with Crippen LogP contribution >= 0.6 is 0 Å². The number of allylic oxidation sites excluding steroid dienone is 2. The van der Waals surface area contributed by atoms with Gasteiger partial charge in [0.15, 0.2) is 0 Å². The molecule has 3 rings (SSSR count). The van der Waals surface area contributed by atoms with E-state index in [-0.39, 0.29) is 5.56 Å². The Bertz CT molecular complexity index is 1020. The van der Waals surface area contributed by atoms with E-state index in [4.69, 9.17) is 4.74 Å². The van der Waals surface area contributed by atoms with E-state index in [1.165, 1.54) is 0 Å². The smallest absolute Gasteiger partial charge is 0.275 e. The molecule has 0 saturated carbocycles. The molecule has 1 N–H and O–H groups in total. The van der Waals surface area contributed by atoms with Crippen molar-refractivity contribution in [3.05, 3.63) is 64.7 Å². The predicted octanol–water partition coefficient (Wildman–Crippen LogP) is 3.45. The molecule has 0 aliphatic heterocycles. The summed E-state index contributed by atoms with van der Waals surface area (Å²) in [6, 6.07) is 9.28. The highest BCUT2D eigenvalue weighted by Gasteiger charge is 2.15. The minimum absolute atomic E-state index is 0.0766. The Morgan fingerprint density at radius 1 is 1.33 bits per heavy atom. The predicted molar refractivity (Wildman–Crippen MR) is 94.1 cm³/mol. The molecular formula is C19H17N3O2. The fourth-order valence-corrected chi connectivity index (χ4v) is 2.76. The van der Waals surface area contributed by atoms with Crippen molar-refractivity contribution in [1.82, 2.24) is 9.55 Å². The van der Waals surface area contributed by atoms with Crippen molar-refractivity contribution in [3.63, 3.8) is 0 Å². The summed E-state index contributed by atoms with van der Waals surface area (Å²) >= 11 is 0. The number of hydrogen-bond donors (Lipinski definition) is 1. The Hall–Kier alpha value is -3.26. The van der Waals surface area contributed by atoms with Crippen molar-refractivity contribution in [3.8, 4) is 22.9 Å². The lowest BCUT2D eigenvalue weighted by molar-refractivity contribution is 0.416. The molecule has 0 spiro atoms. The van der Waals surface area contributed by atoms with E-state index < -0.39 is 0 Å². The molecule has 0 amide bonds. The summed E-state index contributed by atoms with van der Waals surface area (Å²) in [5.41, 5.74) is 2.65. The molecule has 0 saturated heterocycles. The second-order valence-corrected chi connectivity index (χ2v) is 5.36. The molecule has 0 aliphatic carbocycles. The van der Waals surface area contributed by atoms with Crippen LogP contribution < -0.4 is 10.3 Å². The second-order valence-electron chi connectivity index (χ2n) is 5.36. The number of hydrogen-bond acceptors (Lipinski definition) is 3. The molecule has 2 heterocycles. The van der Waals surface area contributed by atoms with Crippen LogP contribution in [0.15, 0.2) is 53.6 Å². The standard InChI is InChI=1S/C19H17N3O2/c1-3-4-9-22-12-16(14-7-8-21-18(14)19(22)23)15-10-13(11-20)5-6-17(15)24-2/h3-8,10,12,21H,9H2,1-2H3/b4-3+. The Morgan fingerprint density at radius 2 is 2.17 bits per heavy atom. The average Bonchev–Trinajstić information content (AvgIpc) is 3.11. The number of H-pyrrole nitrogens is 1. The van der Waals surface area contributed by atoms with Gasteiger partial charge in [0.2, 0.25) is 0 Å². The van der Waals surface area contributed by atoms with E-state index in [1.807, 2.05) is 31.3 Å². The quantitative estimate of drug-likeness (QED) is 0.749. The summed E-state index contributed by atoms with van der Waals surface area (Å²) < 4.78 is 7.10. The van der Waals surface area contributed by atoms with Crippen molar-refractivity contribution in [2.75, 3.05) is 7.11 Å². The van der Waals surface area contributed by atoms with Gasteiger partial charge in [-0.25, -0.2) is 0 Å². The van der Waals surface area contributed by atoms with E-state index in [2.05, 4.69) is 11.1 Å². The summed E-state index contributed by atoms with van der Waals surface area (Å²) in [5.74, 6) is 0.660. The van der Waals surface area contributed by atoms with Gasteiger partial charge in [0.1, 0.15) is 11.3 Å². The highest BCUT2D eigenvalue weighted by Crippen LogP contribution is 2.34. The van der Waals surface area contributed by atoms with Gasteiger partial charge >= 0.3 is 0 Å². The Labute approximate surface area is 139 Å². The fraction of sp³-hybridized carbons (Fsp3) is 0.158. The Morgan fingerprint density at radius 3 is 2.88 bits per heavy atom. The number of nitriles is 1. The van der Waals surface area contributed by atoms with Crippen molar-refractivity contribution < 1.29 is 4.74 Å². The lowest BCUT2D eigenvalue weighted by atomic mass is 10.0. The van der Waals surface area contributed by atoms with Crippen LogP contribution in [0.25, 0.3) is 22.0 Å². The van der Waals surface area contributed by atoms with Crippen LogP contribution in [0.2, 0.25) is 0 Å². The maximum absolute atomic E-state index is 12.6. The Balaban J connectivity index is 2.34. The summed E-state index contributed by atoms with van der Waals surface area (Å²) in [7, 11) is 1.59. The van der Waals surface area contributed by atoms with Crippen molar-refractivity contribution in [2.45, 2.75) is 13.5 Å². The monoisotopic (exact) mass is 319 g/mol. The van der Waals surface area contributed by atoms with Crippen LogP contribution in [-0.4, -0.2) is 16.7 Å². The van der Waals surface area contributed by atoms with Crippen molar-refractivity contribution in [1.29, 1.82) is 5.26 Å². The lowest BCUT2D eigenvalue weighted by Gasteiger charge is -2.13. The molecule has 0 aliphatic rings. The molecular weight excluding hydrogens is 302 g/mol. The molecule has 120 valence electrons. The molecule has 5 nitrogen and oxygen atoms in total. The molecule has 0 fully saturated rings. The van der Waals surface area contributed by atoms with E-state index in [9.17, 15) is 10.1 Å². The summed E-state index contributed by atoms with van der Waals surface area (Å²) in [6.45, 7) is 2.40. The van der Waals surface area contributed by atoms with Crippen LogP contribution in [0, 0.1) is 11.3 Å². The molecule has 3 aromatic rings. The van der Waals surface area contributed by atoms with Crippen LogP contribution in [0.5, 0.6) is 5.75 Å². The first-order valence-electron chi connectivity index (χ1n) is 7.59. The third kappa shape index (κ3) is 2.59. The van der Waals surface area contributed by atoms with Gasteiger partial charge in [-0.05, 0) is 31.2 Å². The van der Waals surface area contributed by atoms with Crippen LogP contribution in [0.1, 0.15) is 12.5 Å². The molecule has 5 heteroatoms. The molecule has 0 atom stereocenters. The number of methoxy groups -OCH3 is 1. The van der Waals surface area contributed by atoms with Gasteiger partial charge < -0.3 is 14.3 Å². The first-order chi connectivity index (χ1) is 11.7. The molecule has 1 aromatic carbocycles. The van der Waals surface area contributed by atoms with E-state index in [1.54, 1.807) is 36.1 Å². The first-order valence-corrected chi connectivity index (χ1v) is 7.59. The number of aromatic amines is 1. The van der Waals surface area contributed by atoms with Crippen LogP contribution in [-0.2, 0) is 6.54 Å². The summed E-state index contributed by atoms with van der Waals surface area (Å²) in [4.78, 5) is 15.6. The number of benzene rings is 1. The van der Waals surface area contributed by atoms with Crippen molar-refractivity contribution >= 4 is 10.9 Å². The van der Waals surface area contributed by atoms with Gasteiger partial charge in [0.25, 0.3) is 5.56 Å². The lowest BCUT2D eigenvalue weighted by Crippen LogP contribution is -2.19. The zero-order valence-electron chi connectivity index (χ0n) is 13.5. The molecule has 0 bridgehead atoms. The molecule has 0 unspecified atom stereocenters. The SMILES string of the molecule is C/C=C/Cn1cc(-c2cc(C#N)ccc2OC)c2cc[nH]c2c1=O. The topological polar surface area (TPSA) is 70.8 Å². The Kier molecular flexibility index (Phi) is 4.21. The largest absolute Gasteiger partial charge is 0.496 e. The highest BCUT2D eigenvalue weighted by molar-refractivity contribution is 5.96. The third-order valence-electron chi connectivity index (χ3n) is 3.95. The molecule has 2 aromatic heterocycles. The van der Waals surface area contributed by atoms with E-state index in [0.29, 0.717) is 23.4 Å². The van der Waals surface area contributed by atoms with Crippen LogP contribution in [0.4, 0.5) is 0 Å². The number of rotatable bonds is 4.